The van der Waals surface area contributed by atoms with Crippen molar-refractivity contribution in [3.8, 4) is 0 Å². The molecule has 26 heavy (non-hydrogen) atoms. The Morgan fingerprint density at radius 2 is 1.92 bits per heavy atom. The molecule has 4 nitrogen and oxygen atoms in total. The molecule has 1 spiro atoms. The minimum Gasteiger partial charge on any atom is -0.372 e. The Morgan fingerprint density at radius 1 is 1.23 bits per heavy atom. The van der Waals surface area contributed by atoms with Gasteiger partial charge in [-0.2, -0.15) is 0 Å². The number of carbonyl (C=O) groups excluding carboxylic acids is 1. The maximum absolute atomic E-state index is 13.0. The first-order valence-corrected chi connectivity index (χ1v) is 10.2. The third-order valence-corrected chi connectivity index (χ3v) is 6.60. The van der Waals surface area contributed by atoms with E-state index in [1.807, 2.05) is 12.1 Å². The summed E-state index contributed by atoms with van der Waals surface area (Å²) in [6, 6.07) is 8.13. The first-order chi connectivity index (χ1) is 12.4. The predicted octanol–water partition coefficient (Wildman–Crippen LogP) is 3.58. The van der Waals surface area contributed by atoms with E-state index >= 15 is 0 Å². The van der Waals surface area contributed by atoms with Gasteiger partial charge in [0.15, 0.2) is 0 Å². The highest BCUT2D eigenvalue weighted by molar-refractivity contribution is 6.30. The standard InChI is InChI=1S/C21H29ClN2O2/c1-15-12-24(13-16(2)26-15)20(25)19-11-21(19)6-8-23(9-7-21)14-17-4-3-5-18(22)10-17/h3-5,10,15-16,19H,6-9,11-14H2,1-2H3/t15-,16+,19?. The molecule has 5 heteroatoms. The summed E-state index contributed by atoms with van der Waals surface area (Å²) in [5, 5.41) is 0.804. The average molecular weight is 377 g/mol. The predicted molar refractivity (Wildman–Crippen MR) is 103 cm³/mol. The van der Waals surface area contributed by atoms with Crippen LogP contribution in [0.4, 0.5) is 0 Å². The third-order valence-electron chi connectivity index (χ3n) is 6.37. The number of piperidine rings is 1. The molecule has 1 unspecified atom stereocenters. The van der Waals surface area contributed by atoms with Gasteiger partial charge in [-0.25, -0.2) is 0 Å². The van der Waals surface area contributed by atoms with Gasteiger partial charge in [0.05, 0.1) is 12.2 Å². The second-order valence-electron chi connectivity index (χ2n) is 8.53. The number of benzene rings is 1. The maximum Gasteiger partial charge on any atom is 0.226 e. The molecular formula is C21H29ClN2O2. The van der Waals surface area contributed by atoms with Crippen molar-refractivity contribution in [2.75, 3.05) is 26.2 Å². The smallest absolute Gasteiger partial charge is 0.226 e. The number of halogens is 1. The van der Waals surface area contributed by atoms with Crippen molar-refractivity contribution in [1.29, 1.82) is 0 Å². The van der Waals surface area contributed by atoms with E-state index in [0.717, 1.165) is 57.0 Å². The molecule has 0 bridgehead atoms. The van der Waals surface area contributed by atoms with Gasteiger partial charge < -0.3 is 9.64 Å². The Kier molecular flexibility index (Phi) is 5.02. The van der Waals surface area contributed by atoms with Crippen molar-refractivity contribution >= 4 is 17.5 Å². The Labute approximate surface area is 161 Å². The Bertz CT molecular complexity index is 662. The quantitative estimate of drug-likeness (QED) is 0.808. The number of hydrogen-bond donors (Lipinski definition) is 0. The first-order valence-electron chi connectivity index (χ1n) is 9.86. The van der Waals surface area contributed by atoms with E-state index in [1.165, 1.54) is 5.56 Å². The largest absolute Gasteiger partial charge is 0.372 e. The molecule has 1 saturated carbocycles. The monoisotopic (exact) mass is 376 g/mol. The number of amides is 1. The normalized spacial score (nSPS) is 31.2. The lowest BCUT2D eigenvalue weighted by Gasteiger charge is -2.37. The van der Waals surface area contributed by atoms with Crippen LogP contribution in [0.15, 0.2) is 24.3 Å². The molecule has 3 atom stereocenters. The van der Waals surface area contributed by atoms with Crippen molar-refractivity contribution in [3.05, 3.63) is 34.9 Å². The summed E-state index contributed by atoms with van der Waals surface area (Å²) >= 11 is 6.10. The van der Waals surface area contributed by atoms with Crippen molar-refractivity contribution < 1.29 is 9.53 Å². The summed E-state index contributed by atoms with van der Waals surface area (Å²) in [6.07, 6.45) is 3.66. The molecular weight excluding hydrogens is 348 g/mol. The van der Waals surface area contributed by atoms with Gasteiger partial charge in [0, 0.05) is 30.6 Å². The molecule has 2 saturated heterocycles. The van der Waals surface area contributed by atoms with Crippen LogP contribution in [0.3, 0.4) is 0 Å². The van der Waals surface area contributed by atoms with Gasteiger partial charge in [0.1, 0.15) is 0 Å². The topological polar surface area (TPSA) is 32.8 Å². The summed E-state index contributed by atoms with van der Waals surface area (Å²) in [6.45, 7) is 8.72. The van der Waals surface area contributed by atoms with Crippen LogP contribution >= 0.6 is 11.6 Å². The lowest BCUT2D eigenvalue weighted by molar-refractivity contribution is -0.145. The number of morpholine rings is 1. The number of ether oxygens (including phenoxy) is 1. The van der Waals surface area contributed by atoms with E-state index in [1.54, 1.807) is 0 Å². The Hall–Kier alpha value is -1.10. The lowest BCUT2D eigenvalue weighted by atomic mass is 9.90. The molecule has 1 amide bonds. The van der Waals surface area contributed by atoms with E-state index in [2.05, 4.69) is 35.8 Å². The molecule has 1 aliphatic carbocycles. The highest BCUT2D eigenvalue weighted by Gasteiger charge is 2.59. The van der Waals surface area contributed by atoms with Gasteiger partial charge in [-0.1, -0.05) is 23.7 Å². The van der Waals surface area contributed by atoms with Gasteiger partial charge in [-0.05, 0) is 69.3 Å². The van der Waals surface area contributed by atoms with Crippen LogP contribution in [0.25, 0.3) is 0 Å². The summed E-state index contributed by atoms with van der Waals surface area (Å²) in [5.74, 6) is 0.614. The summed E-state index contributed by atoms with van der Waals surface area (Å²) in [5.41, 5.74) is 1.54. The van der Waals surface area contributed by atoms with Crippen LogP contribution < -0.4 is 0 Å². The van der Waals surface area contributed by atoms with Gasteiger partial charge in [-0.3, -0.25) is 9.69 Å². The summed E-state index contributed by atoms with van der Waals surface area (Å²) < 4.78 is 5.77. The summed E-state index contributed by atoms with van der Waals surface area (Å²) in [4.78, 5) is 17.5. The van der Waals surface area contributed by atoms with Crippen molar-refractivity contribution in [3.63, 3.8) is 0 Å². The van der Waals surface area contributed by atoms with Crippen LogP contribution in [0.5, 0.6) is 0 Å². The number of hydrogen-bond acceptors (Lipinski definition) is 3. The fourth-order valence-electron chi connectivity index (χ4n) is 4.88. The molecule has 4 rings (SSSR count). The van der Waals surface area contributed by atoms with Crippen LogP contribution in [0, 0.1) is 11.3 Å². The summed E-state index contributed by atoms with van der Waals surface area (Å²) in [7, 11) is 0. The minimum absolute atomic E-state index is 0.150. The van der Waals surface area contributed by atoms with Gasteiger partial charge >= 0.3 is 0 Å². The van der Waals surface area contributed by atoms with Crippen LogP contribution in [0.1, 0.15) is 38.7 Å². The minimum atomic E-state index is 0.150. The number of likely N-dealkylation sites (tertiary alicyclic amines) is 1. The highest BCUT2D eigenvalue weighted by Crippen LogP contribution is 2.60. The Morgan fingerprint density at radius 3 is 2.58 bits per heavy atom. The molecule has 0 radical (unpaired) electrons. The van der Waals surface area contributed by atoms with Crippen LogP contribution in [-0.4, -0.2) is 54.1 Å². The average Bonchev–Trinajstić information content (AvgIpc) is 3.29. The SMILES string of the molecule is C[C@@H]1CN(C(=O)C2CC23CCN(Cc2cccc(Cl)c2)CC3)C[C@H](C)O1. The third kappa shape index (κ3) is 3.78. The van der Waals surface area contributed by atoms with Crippen molar-refractivity contribution in [2.24, 2.45) is 11.3 Å². The fraction of sp³-hybridized carbons (Fsp3) is 0.667. The van der Waals surface area contributed by atoms with E-state index in [9.17, 15) is 4.79 Å². The van der Waals surface area contributed by atoms with Crippen molar-refractivity contribution in [2.45, 2.75) is 51.9 Å². The zero-order valence-electron chi connectivity index (χ0n) is 15.8. The van der Waals surface area contributed by atoms with E-state index < -0.39 is 0 Å². The zero-order chi connectivity index (χ0) is 18.3. The highest BCUT2D eigenvalue weighted by atomic mass is 35.5. The second kappa shape index (κ2) is 7.14. The van der Waals surface area contributed by atoms with Gasteiger partial charge in [0.25, 0.3) is 0 Å². The molecule has 0 aromatic heterocycles. The van der Waals surface area contributed by atoms with Gasteiger partial charge in [-0.15, -0.1) is 0 Å². The zero-order valence-corrected chi connectivity index (χ0v) is 16.5. The lowest BCUT2D eigenvalue weighted by Crippen LogP contribution is -2.49. The molecule has 1 aromatic carbocycles. The molecule has 2 heterocycles. The molecule has 2 aliphatic heterocycles. The second-order valence-corrected chi connectivity index (χ2v) is 8.96. The maximum atomic E-state index is 13.0. The molecule has 142 valence electrons. The molecule has 3 aliphatic rings. The Balaban J connectivity index is 1.30. The van der Waals surface area contributed by atoms with E-state index in [4.69, 9.17) is 16.3 Å². The molecule has 3 fully saturated rings. The van der Waals surface area contributed by atoms with E-state index in [-0.39, 0.29) is 23.5 Å². The molecule has 1 aromatic rings. The first kappa shape index (κ1) is 18.3. The number of carbonyl (C=O) groups is 1. The number of rotatable bonds is 3. The molecule has 0 N–H and O–H groups in total. The van der Waals surface area contributed by atoms with Crippen LogP contribution in [0.2, 0.25) is 5.02 Å². The van der Waals surface area contributed by atoms with Crippen LogP contribution in [-0.2, 0) is 16.1 Å². The fourth-order valence-corrected chi connectivity index (χ4v) is 5.09. The van der Waals surface area contributed by atoms with Crippen molar-refractivity contribution in [1.82, 2.24) is 9.80 Å². The number of nitrogens with zero attached hydrogens (tertiary/aromatic N) is 2. The van der Waals surface area contributed by atoms with Gasteiger partial charge in [0.2, 0.25) is 5.91 Å². The van der Waals surface area contributed by atoms with E-state index in [0.29, 0.717) is 5.91 Å².